The third-order valence-corrected chi connectivity index (χ3v) is 5.17. The summed E-state index contributed by atoms with van der Waals surface area (Å²) in [6.07, 6.45) is 16.7. The highest BCUT2D eigenvalue weighted by atomic mass is 14.3. The van der Waals surface area contributed by atoms with Crippen LogP contribution in [0.25, 0.3) is 0 Å². The zero-order chi connectivity index (χ0) is 11.4. The number of hydrogen-bond acceptors (Lipinski definition) is 0. The highest BCUT2D eigenvalue weighted by molar-refractivity contribution is 4.79. The molecule has 0 nitrogen and oxygen atoms in total. The van der Waals surface area contributed by atoms with Crippen LogP contribution in [0.3, 0.4) is 0 Å². The Labute approximate surface area is 102 Å². The molecule has 0 amide bonds. The Kier molecular flexibility index (Phi) is 4.33. The molecule has 2 rings (SSSR count). The van der Waals surface area contributed by atoms with Crippen LogP contribution in [0.15, 0.2) is 0 Å². The molecule has 0 heterocycles. The van der Waals surface area contributed by atoms with Gasteiger partial charge in [0.1, 0.15) is 0 Å². The van der Waals surface area contributed by atoms with Gasteiger partial charge in [0.15, 0.2) is 0 Å². The lowest BCUT2D eigenvalue weighted by Crippen LogP contribution is -2.21. The van der Waals surface area contributed by atoms with Crippen molar-refractivity contribution in [2.24, 2.45) is 17.3 Å². The summed E-state index contributed by atoms with van der Waals surface area (Å²) in [5.74, 6) is 2.18. The minimum atomic E-state index is 0.654. The summed E-state index contributed by atoms with van der Waals surface area (Å²) in [7, 11) is 0. The second kappa shape index (κ2) is 5.56. The first-order valence-electron chi connectivity index (χ1n) is 7.66. The standard InChI is InChI=1S/C16H30/c1-16(2)12-10-15(11-13-16)9-8-14-6-4-3-5-7-14/h14-15H,3-13H2,1-2H3. The second-order valence-electron chi connectivity index (χ2n) is 7.19. The molecular weight excluding hydrogens is 192 g/mol. The van der Waals surface area contributed by atoms with Gasteiger partial charge in [0.25, 0.3) is 0 Å². The van der Waals surface area contributed by atoms with Crippen LogP contribution in [-0.2, 0) is 0 Å². The first-order valence-corrected chi connectivity index (χ1v) is 7.66. The van der Waals surface area contributed by atoms with Gasteiger partial charge in [-0.25, -0.2) is 0 Å². The highest BCUT2D eigenvalue weighted by Gasteiger charge is 2.27. The van der Waals surface area contributed by atoms with E-state index in [2.05, 4.69) is 13.8 Å². The normalized spacial score (nSPS) is 28.1. The summed E-state index contributed by atoms with van der Waals surface area (Å²) >= 11 is 0. The zero-order valence-electron chi connectivity index (χ0n) is 11.4. The second-order valence-corrected chi connectivity index (χ2v) is 7.19. The SMILES string of the molecule is CC1(C)CCC(CCC2CCCCC2)CC1. The number of hydrogen-bond donors (Lipinski definition) is 0. The van der Waals surface area contributed by atoms with Crippen LogP contribution in [0.2, 0.25) is 0 Å². The quantitative estimate of drug-likeness (QED) is 0.586. The molecule has 0 aromatic rings. The summed E-state index contributed by atoms with van der Waals surface area (Å²) in [6, 6.07) is 0. The average Bonchev–Trinajstić information content (AvgIpc) is 2.29. The molecule has 0 heteroatoms. The van der Waals surface area contributed by atoms with Crippen molar-refractivity contribution in [2.45, 2.75) is 84.5 Å². The molecule has 0 saturated heterocycles. The summed E-state index contributed by atoms with van der Waals surface area (Å²) < 4.78 is 0. The minimum Gasteiger partial charge on any atom is -0.0599 e. The van der Waals surface area contributed by atoms with Crippen molar-refractivity contribution in [1.29, 1.82) is 0 Å². The molecule has 94 valence electrons. The molecule has 2 aliphatic rings. The van der Waals surface area contributed by atoms with Gasteiger partial charge in [-0.1, -0.05) is 58.8 Å². The highest BCUT2D eigenvalue weighted by Crippen LogP contribution is 2.40. The van der Waals surface area contributed by atoms with Crippen LogP contribution in [0.4, 0.5) is 0 Å². The van der Waals surface area contributed by atoms with Crippen molar-refractivity contribution in [2.75, 3.05) is 0 Å². The maximum absolute atomic E-state index is 2.45. The Balaban J connectivity index is 1.63. The molecule has 0 radical (unpaired) electrons. The Bertz CT molecular complexity index is 188. The Morgan fingerprint density at radius 1 is 0.750 bits per heavy atom. The van der Waals surface area contributed by atoms with Crippen LogP contribution >= 0.6 is 0 Å². The zero-order valence-corrected chi connectivity index (χ0v) is 11.4. The summed E-state index contributed by atoms with van der Waals surface area (Å²) in [5, 5.41) is 0. The van der Waals surface area contributed by atoms with Gasteiger partial charge in [-0.2, -0.15) is 0 Å². The van der Waals surface area contributed by atoms with Crippen molar-refractivity contribution in [3.63, 3.8) is 0 Å². The van der Waals surface area contributed by atoms with Crippen molar-refractivity contribution in [3.8, 4) is 0 Å². The smallest absolute Gasteiger partial charge is 0.0354 e. The summed E-state index contributed by atoms with van der Waals surface area (Å²) in [5.41, 5.74) is 0.654. The van der Waals surface area contributed by atoms with Gasteiger partial charge >= 0.3 is 0 Å². The molecule has 0 aromatic carbocycles. The van der Waals surface area contributed by atoms with Crippen molar-refractivity contribution in [3.05, 3.63) is 0 Å². The number of rotatable bonds is 3. The van der Waals surface area contributed by atoms with E-state index in [0.717, 1.165) is 11.8 Å². The van der Waals surface area contributed by atoms with Gasteiger partial charge in [-0.3, -0.25) is 0 Å². The van der Waals surface area contributed by atoms with E-state index in [1.54, 1.807) is 12.8 Å². The molecule has 0 unspecified atom stereocenters. The van der Waals surface area contributed by atoms with Gasteiger partial charge < -0.3 is 0 Å². The van der Waals surface area contributed by atoms with Gasteiger partial charge in [-0.05, 0) is 42.9 Å². The van der Waals surface area contributed by atoms with Crippen LogP contribution in [0.1, 0.15) is 84.5 Å². The summed E-state index contributed by atoms with van der Waals surface area (Å²) in [6.45, 7) is 4.90. The van der Waals surface area contributed by atoms with Gasteiger partial charge in [0.05, 0.1) is 0 Å². The monoisotopic (exact) mass is 222 g/mol. The van der Waals surface area contributed by atoms with E-state index in [1.165, 1.54) is 57.8 Å². The van der Waals surface area contributed by atoms with E-state index in [0.29, 0.717) is 5.41 Å². The molecular formula is C16H30. The maximum Gasteiger partial charge on any atom is -0.0354 e. The molecule has 0 N–H and O–H groups in total. The van der Waals surface area contributed by atoms with E-state index in [-0.39, 0.29) is 0 Å². The minimum absolute atomic E-state index is 0.654. The van der Waals surface area contributed by atoms with E-state index in [4.69, 9.17) is 0 Å². The first kappa shape index (κ1) is 12.5. The lowest BCUT2D eigenvalue weighted by atomic mass is 9.71. The van der Waals surface area contributed by atoms with E-state index in [9.17, 15) is 0 Å². The topological polar surface area (TPSA) is 0 Å². The fourth-order valence-electron chi connectivity index (χ4n) is 3.69. The van der Waals surface area contributed by atoms with Gasteiger partial charge in [-0.15, -0.1) is 0 Å². The van der Waals surface area contributed by atoms with Gasteiger partial charge in [0, 0.05) is 0 Å². The molecule has 16 heavy (non-hydrogen) atoms. The van der Waals surface area contributed by atoms with Crippen LogP contribution in [0.5, 0.6) is 0 Å². The largest absolute Gasteiger partial charge is 0.0599 e. The van der Waals surface area contributed by atoms with Gasteiger partial charge in [0.2, 0.25) is 0 Å². The third kappa shape index (κ3) is 3.79. The van der Waals surface area contributed by atoms with E-state index < -0.39 is 0 Å². The van der Waals surface area contributed by atoms with E-state index >= 15 is 0 Å². The Morgan fingerprint density at radius 3 is 1.81 bits per heavy atom. The Hall–Kier alpha value is 0. The molecule has 0 aromatic heterocycles. The molecule has 2 fully saturated rings. The molecule has 2 aliphatic carbocycles. The van der Waals surface area contributed by atoms with Crippen molar-refractivity contribution < 1.29 is 0 Å². The van der Waals surface area contributed by atoms with Crippen molar-refractivity contribution in [1.82, 2.24) is 0 Å². The molecule has 2 saturated carbocycles. The van der Waals surface area contributed by atoms with Crippen LogP contribution in [-0.4, -0.2) is 0 Å². The maximum atomic E-state index is 2.45. The average molecular weight is 222 g/mol. The summed E-state index contributed by atoms with van der Waals surface area (Å²) in [4.78, 5) is 0. The van der Waals surface area contributed by atoms with Crippen LogP contribution in [0, 0.1) is 17.3 Å². The lowest BCUT2D eigenvalue weighted by Gasteiger charge is -2.35. The molecule has 0 aliphatic heterocycles. The lowest BCUT2D eigenvalue weighted by molar-refractivity contribution is 0.174. The van der Waals surface area contributed by atoms with Crippen LogP contribution < -0.4 is 0 Å². The third-order valence-electron chi connectivity index (χ3n) is 5.17. The Morgan fingerprint density at radius 2 is 1.25 bits per heavy atom. The first-order chi connectivity index (χ1) is 7.66. The molecule has 0 spiro atoms. The van der Waals surface area contributed by atoms with E-state index in [1.807, 2.05) is 0 Å². The fraction of sp³-hybridized carbons (Fsp3) is 1.00. The molecule has 0 atom stereocenters. The predicted molar refractivity (Wildman–Crippen MR) is 71.5 cm³/mol. The predicted octanol–water partition coefficient (Wildman–Crippen LogP) is 5.56. The van der Waals surface area contributed by atoms with Crippen molar-refractivity contribution >= 4 is 0 Å². The fourth-order valence-corrected chi connectivity index (χ4v) is 3.69. The molecule has 0 bridgehead atoms.